The number of nitrogen functional groups attached to an aromatic ring is 1. The smallest absolute Gasteiger partial charge is 0.244 e. The third-order valence-corrected chi connectivity index (χ3v) is 3.28. The number of imidazole rings is 1. The monoisotopic (exact) mass is 278 g/mol. The minimum atomic E-state index is -0.137. The van der Waals surface area contributed by atoms with Gasteiger partial charge in [-0.1, -0.05) is 11.6 Å². The van der Waals surface area contributed by atoms with Gasteiger partial charge in [0.1, 0.15) is 6.54 Å². The van der Waals surface area contributed by atoms with E-state index in [1.165, 1.54) is 0 Å². The molecule has 0 saturated heterocycles. The number of hydrogen-bond acceptors (Lipinski definition) is 3. The molecule has 0 radical (unpaired) electrons. The molecule has 0 atom stereocenters. The highest BCUT2D eigenvalue weighted by Crippen LogP contribution is 2.22. The number of carbonyl (C=O) groups excluding carboxylic acids is 1. The summed E-state index contributed by atoms with van der Waals surface area (Å²) in [6.45, 7) is 4.05. The molecule has 0 saturated carbocycles. The molecular weight excluding hydrogens is 264 g/mol. The molecule has 3 N–H and O–H groups in total. The van der Waals surface area contributed by atoms with Crippen molar-refractivity contribution in [1.82, 2.24) is 9.55 Å². The Hall–Kier alpha value is -2.01. The lowest BCUT2D eigenvalue weighted by molar-refractivity contribution is -0.116. The SMILES string of the molecule is Cc1ncn(CC(=O)Nc2ccc(Cl)c(N)c2)c1C. The maximum atomic E-state index is 11.9. The molecule has 19 heavy (non-hydrogen) atoms. The van der Waals surface area contributed by atoms with Gasteiger partial charge in [-0.05, 0) is 32.0 Å². The largest absolute Gasteiger partial charge is 0.397 e. The molecule has 1 aromatic heterocycles. The summed E-state index contributed by atoms with van der Waals surface area (Å²) in [5.74, 6) is -0.137. The lowest BCUT2D eigenvalue weighted by atomic mass is 10.3. The second kappa shape index (κ2) is 5.32. The number of carbonyl (C=O) groups is 1. The lowest BCUT2D eigenvalue weighted by Gasteiger charge is -2.08. The average Bonchev–Trinajstić information content (AvgIpc) is 2.66. The average molecular weight is 279 g/mol. The quantitative estimate of drug-likeness (QED) is 0.847. The van der Waals surface area contributed by atoms with Crippen molar-refractivity contribution < 1.29 is 4.79 Å². The summed E-state index contributed by atoms with van der Waals surface area (Å²) in [4.78, 5) is 16.1. The van der Waals surface area contributed by atoms with Crippen LogP contribution in [0.1, 0.15) is 11.4 Å². The van der Waals surface area contributed by atoms with Gasteiger partial charge in [0.15, 0.2) is 0 Å². The van der Waals surface area contributed by atoms with Gasteiger partial charge in [0.05, 0.1) is 22.7 Å². The highest BCUT2D eigenvalue weighted by Gasteiger charge is 2.08. The van der Waals surface area contributed by atoms with E-state index in [0.29, 0.717) is 16.4 Å². The molecule has 6 heteroatoms. The van der Waals surface area contributed by atoms with Crippen LogP contribution in [0.2, 0.25) is 5.02 Å². The topological polar surface area (TPSA) is 72.9 Å². The minimum Gasteiger partial charge on any atom is -0.397 e. The zero-order valence-electron chi connectivity index (χ0n) is 10.8. The van der Waals surface area contributed by atoms with Crippen molar-refractivity contribution in [2.75, 3.05) is 11.1 Å². The number of nitrogens with zero attached hydrogens (tertiary/aromatic N) is 2. The van der Waals surface area contributed by atoms with Gasteiger partial charge in [-0.15, -0.1) is 0 Å². The van der Waals surface area contributed by atoms with E-state index in [1.807, 2.05) is 13.8 Å². The Morgan fingerprint density at radius 2 is 2.21 bits per heavy atom. The van der Waals surface area contributed by atoms with Crippen LogP contribution in [0.4, 0.5) is 11.4 Å². The van der Waals surface area contributed by atoms with Crippen molar-refractivity contribution in [3.05, 3.63) is 40.9 Å². The first-order chi connectivity index (χ1) is 8.97. The van der Waals surface area contributed by atoms with Crippen molar-refractivity contribution in [1.29, 1.82) is 0 Å². The van der Waals surface area contributed by atoms with E-state index in [0.717, 1.165) is 11.4 Å². The van der Waals surface area contributed by atoms with Gasteiger partial charge in [-0.25, -0.2) is 4.98 Å². The normalized spacial score (nSPS) is 10.5. The van der Waals surface area contributed by atoms with Crippen LogP contribution in [0, 0.1) is 13.8 Å². The molecule has 0 aliphatic rings. The number of nitrogens with two attached hydrogens (primary N) is 1. The Morgan fingerprint density at radius 1 is 1.47 bits per heavy atom. The maximum Gasteiger partial charge on any atom is 0.244 e. The second-order valence-electron chi connectivity index (χ2n) is 4.33. The van der Waals surface area contributed by atoms with E-state index < -0.39 is 0 Å². The Morgan fingerprint density at radius 3 is 2.79 bits per heavy atom. The number of aromatic nitrogens is 2. The number of hydrogen-bond donors (Lipinski definition) is 2. The molecule has 0 unspecified atom stereocenters. The summed E-state index contributed by atoms with van der Waals surface area (Å²) in [6.07, 6.45) is 1.65. The fourth-order valence-corrected chi connectivity index (χ4v) is 1.80. The van der Waals surface area contributed by atoms with E-state index in [4.69, 9.17) is 17.3 Å². The summed E-state index contributed by atoms with van der Waals surface area (Å²) < 4.78 is 1.80. The van der Waals surface area contributed by atoms with Gasteiger partial charge < -0.3 is 15.6 Å². The van der Waals surface area contributed by atoms with Crippen LogP contribution in [-0.4, -0.2) is 15.5 Å². The number of halogens is 1. The molecule has 0 bridgehead atoms. The molecule has 0 aliphatic heterocycles. The lowest BCUT2D eigenvalue weighted by Crippen LogP contribution is -2.19. The van der Waals surface area contributed by atoms with E-state index in [1.54, 1.807) is 29.1 Å². The van der Waals surface area contributed by atoms with Crippen LogP contribution in [-0.2, 0) is 11.3 Å². The molecule has 1 aromatic carbocycles. The van der Waals surface area contributed by atoms with Crippen LogP contribution < -0.4 is 11.1 Å². The summed E-state index contributed by atoms with van der Waals surface area (Å²) in [5.41, 5.74) is 8.64. The molecule has 5 nitrogen and oxygen atoms in total. The summed E-state index contributed by atoms with van der Waals surface area (Å²) in [5, 5.41) is 3.24. The van der Waals surface area contributed by atoms with Crippen LogP contribution in [0.15, 0.2) is 24.5 Å². The Balaban J connectivity index is 2.05. The number of rotatable bonds is 3. The van der Waals surface area contributed by atoms with Crippen molar-refractivity contribution in [3.8, 4) is 0 Å². The molecule has 0 fully saturated rings. The molecule has 1 heterocycles. The Kier molecular flexibility index (Phi) is 3.76. The molecule has 2 aromatic rings. The molecule has 1 amide bonds. The van der Waals surface area contributed by atoms with Gasteiger partial charge in [0.2, 0.25) is 5.91 Å². The third-order valence-electron chi connectivity index (χ3n) is 2.94. The summed E-state index contributed by atoms with van der Waals surface area (Å²) >= 11 is 5.82. The van der Waals surface area contributed by atoms with Crippen molar-refractivity contribution >= 4 is 28.9 Å². The van der Waals surface area contributed by atoms with Gasteiger partial charge in [0.25, 0.3) is 0 Å². The maximum absolute atomic E-state index is 11.9. The van der Waals surface area contributed by atoms with Crippen LogP contribution in [0.25, 0.3) is 0 Å². The highest BCUT2D eigenvalue weighted by molar-refractivity contribution is 6.33. The van der Waals surface area contributed by atoms with Crippen LogP contribution in [0.3, 0.4) is 0 Å². The van der Waals surface area contributed by atoms with Crippen molar-refractivity contribution in [3.63, 3.8) is 0 Å². The number of aryl methyl sites for hydroxylation is 1. The first-order valence-corrected chi connectivity index (χ1v) is 6.18. The van der Waals surface area contributed by atoms with E-state index in [2.05, 4.69) is 10.3 Å². The zero-order valence-corrected chi connectivity index (χ0v) is 11.5. The summed E-state index contributed by atoms with van der Waals surface area (Å²) in [6, 6.07) is 4.99. The first kappa shape index (κ1) is 13.4. The fraction of sp³-hybridized carbons (Fsp3) is 0.231. The van der Waals surface area contributed by atoms with Crippen LogP contribution in [0.5, 0.6) is 0 Å². The Labute approximate surface area is 116 Å². The number of anilines is 2. The van der Waals surface area contributed by atoms with Crippen molar-refractivity contribution in [2.24, 2.45) is 0 Å². The standard InChI is InChI=1S/C13H15ClN4O/c1-8-9(2)18(7-16-8)6-13(19)17-10-3-4-11(14)12(15)5-10/h3-5,7H,6,15H2,1-2H3,(H,17,19). The molecule has 100 valence electrons. The van der Waals surface area contributed by atoms with Crippen LogP contribution >= 0.6 is 11.6 Å². The predicted molar refractivity (Wildman–Crippen MR) is 76.2 cm³/mol. The van der Waals surface area contributed by atoms with Gasteiger partial charge >= 0.3 is 0 Å². The number of amides is 1. The minimum absolute atomic E-state index is 0.137. The van der Waals surface area contributed by atoms with E-state index in [9.17, 15) is 4.79 Å². The Bertz CT molecular complexity index is 621. The molecule has 0 spiro atoms. The first-order valence-electron chi connectivity index (χ1n) is 5.80. The molecule has 0 aliphatic carbocycles. The van der Waals surface area contributed by atoms with Gasteiger partial charge in [-0.3, -0.25) is 4.79 Å². The van der Waals surface area contributed by atoms with Crippen molar-refractivity contribution in [2.45, 2.75) is 20.4 Å². The number of nitrogens with one attached hydrogen (secondary N) is 1. The summed E-state index contributed by atoms with van der Waals surface area (Å²) in [7, 11) is 0. The second-order valence-corrected chi connectivity index (χ2v) is 4.73. The fourth-order valence-electron chi connectivity index (χ4n) is 1.68. The van der Waals surface area contributed by atoms with E-state index in [-0.39, 0.29) is 12.5 Å². The van der Waals surface area contributed by atoms with Gasteiger partial charge in [0, 0.05) is 11.4 Å². The molecular formula is C13H15ClN4O. The van der Waals surface area contributed by atoms with Gasteiger partial charge in [-0.2, -0.15) is 0 Å². The third kappa shape index (κ3) is 3.06. The highest BCUT2D eigenvalue weighted by atomic mass is 35.5. The predicted octanol–water partition coefficient (Wildman–Crippen LogP) is 2.37. The van der Waals surface area contributed by atoms with E-state index >= 15 is 0 Å². The number of benzene rings is 1. The molecule has 2 rings (SSSR count). The zero-order chi connectivity index (χ0) is 14.0.